The van der Waals surface area contributed by atoms with Gasteiger partial charge < -0.3 is 4.74 Å². The smallest absolute Gasteiger partial charge is 0.333 e. The van der Waals surface area contributed by atoms with Gasteiger partial charge in [-0.1, -0.05) is 46.8 Å². The molecule has 0 radical (unpaired) electrons. The van der Waals surface area contributed by atoms with Crippen LogP contribution in [0.5, 0.6) is 0 Å². The number of carbonyl (C=O) groups is 1. The van der Waals surface area contributed by atoms with E-state index in [0.717, 1.165) is 0 Å². The van der Waals surface area contributed by atoms with Crippen LogP contribution in [0, 0.1) is 0 Å². The highest BCUT2D eigenvalue weighted by molar-refractivity contribution is 5.87. The van der Waals surface area contributed by atoms with Crippen molar-refractivity contribution < 1.29 is 9.53 Å². The maximum Gasteiger partial charge on any atom is 0.333 e. The van der Waals surface area contributed by atoms with Gasteiger partial charge in [-0.3, -0.25) is 0 Å². The molecule has 0 heterocycles. The van der Waals surface area contributed by atoms with Crippen molar-refractivity contribution in [2.45, 2.75) is 40.5 Å². The highest BCUT2D eigenvalue weighted by atomic mass is 16.5. The Balaban J connectivity index is -0.000000205. The molecule has 0 saturated carbocycles. The number of allylic oxidation sites excluding steroid dienone is 1. The molecule has 0 spiro atoms. The van der Waals surface area contributed by atoms with Crippen molar-refractivity contribution in [3.8, 4) is 0 Å². The van der Waals surface area contributed by atoms with Gasteiger partial charge in [-0.25, -0.2) is 4.79 Å². The minimum atomic E-state index is -0.366. The largest absolute Gasteiger partial charge is 0.466 e. The molecule has 0 aromatic carbocycles. The molecular formula is C12H24O2. The first-order valence-corrected chi connectivity index (χ1v) is 5.00. The second-order valence-electron chi connectivity index (χ2n) is 2.30. The van der Waals surface area contributed by atoms with Gasteiger partial charge in [0.05, 0.1) is 7.11 Å². The molecular weight excluding hydrogens is 176 g/mol. The van der Waals surface area contributed by atoms with Crippen LogP contribution in [-0.4, -0.2) is 13.1 Å². The number of esters is 1. The molecule has 2 nitrogen and oxygen atoms in total. The monoisotopic (exact) mass is 200 g/mol. The number of ether oxygens (including phenoxy) is 1. The van der Waals surface area contributed by atoms with E-state index >= 15 is 0 Å². The lowest BCUT2D eigenvalue weighted by atomic mass is 10.2. The highest BCUT2D eigenvalue weighted by Crippen LogP contribution is 1.99. The Hall–Kier alpha value is -1.05. The van der Waals surface area contributed by atoms with Crippen LogP contribution in [0.25, 0.3) is 0 Å². The SMILES string of the molecule is C=CCC(=C)C(=O)OC.CC.CCC. The molecule has 0 unspecified atom stereocenters. The average Bonchev–Trinajstić information content (AvgIpc) is 2.21. The van der Waals surface area contributed by atoms with Gasteiger partial charge in [0.15, 0.2) is 0 Å². The van der Waals surface area contributed by atoms with Gasteiger partial charge in [0.2, 0.25) is 0 Å². The fourth-order valence-electron chi connectivity index (χ4n) is 0.402. The topological polar surface area (TPSA) is 26.3 Å². The molecule has 0 amide bonds. The van der Waals surface area contributed by atoms with Gasteiger partial charge in [-0.2, -0.15) is 0 Å². The summed E-state index contributed by atoms with van der Waals surface area (Å²) in [6, 6.07) is 0. The first-order chi connectivity index (χ1) is 6.63. The Labute approximate surface area is 88.7 Å². The lowest BCUT2D eigenvalue weighted by molar-refractivity contribution is -0.136. The highest BCUT2D eigenvalue weighted by Gasteiger charge is 2.01. The van der Waals surface area contributed by atoms with Gasteiger partial charge in [-0.05, 0) is 6.42 Å². The van der Waals surface area contributed by atoms with Crippen molar-refractivity contribution in [1.82, 2.24) is 0 Å². The summed E-state index contributed by atoms with van der Waals surface area (Å²) in [5.74, 6) is -0.366. The van der Waals surface area contributed by atoms with E-state index in [2.05, 4.69) is 31.7 Å². The molecule has 0 N–H and O–H groups in total. The van der Waals surface area contributed by atoms with Crippen LogP contribution in [0.4, 0.5) is 0 Å². The number of hydrogen-bond donors (Lipinski definition) is 0. The van der Waals surface area contributed by atoms with Crippen LogP contribution in [0.3, 0.4) is 0 Å². The Morgan fingerprint density at radius 3 is 1.93 bits per heavy atom. The summed E-state index contributed by atoms with van der Waals surface area (Å²) < 4.78 is 4.38. The second-order valence-corrected chi connectivity index (χ2v) is 2.30. The van der Waals surface area contributed by atoms with Crippen LogP contribution in [-0.2, 0) is 9.53 Å². The number of methoxy groups -OCH3 is 1. The van der Waals surface area contributed by atoms with Crippen molar-refractivity contribution in [3.63, 3.8) is 0 Å². The van der Waals surface area contributed by atoms with E-state index < -0.39 is 0 Å². The fourth-order valence-corrected chi connectivity index (χ4v) is 0.402. The molecule has 0 bridgehead atoms. The van der Waals surface area contributed by atoms with E-state index in [4.69, 9.17) is 0 Å². The zero-order valence-corrected chi connectivity index (χ0v) is 10.2. The predicted octanol–water partition coefficient (Wildman–Crippen LogP) is 3.73. The maximum absolute atomic E-state index is 10.5. The quantitative estimate of drug-likeness (QED) is 0.394. The summed E-state index contributed by atoms with van der Waals surface area (Å²) in [6.07, 6.45) is 3.35. The normalized spacial score (nSPS) is 6.93. The average molecular weight is 200 g/mol. The number of hydrogen-bond acceptors (Lipinski definition) is 2. The van der Waals surface area contributed by atoms with Gasteiger partial charge >= 0.3 is 5.97 Å². The van der Waals surface area contributed by atoms with E-state index in [1.807, 2.05) is 13.8 Å². The Morgan fingerprint density at radius 1 is 1.36 bits per heavy atom. The third-order valence-corrected chi connectivity index (χ3v) is 0.865. The van der Waals surface area contributed by atoms with E-state index in [1.165, 1.54) is 13.5 Å². The van der Waals surface area contributed by atoms with Crippen LogP contribution in [0.2, 0.25) is 0 Å². The summed E-state index contributed by atoms with van der Waals surface area (Å²) in [4.78, 5) is 10.5. The molecule has 0 saturated heterocycles. The zero-order valence-electron chi connectivity index (χ0n) is 10.2. The summed E-state index contributed by atoms with van der Waals surface area (Å²) in [5, 5.41) is 0. The summed E-state index contributed by atoms with van der Waals surface area (Å²) >= 11 is 0. The number of rotatable bonds is 3. The molecule has 0 aromatic rings. The molecule has 0 rings (SSSR count). The lowest BCUT2D eigenvalue weighted by Gasteiger charge is -1.96. The summed E-state index contributed by atoms with van der Waals surface area (Å²) in [6.45, 7) is 15.2. The first-order valence-electron chi connectivity index (χ1n) is 5.00. The van der Waals surface area contributed by atoms with Crippen LogP contribution in [0.1, 0.15) is 40.5 Å². The summed E-state index contributed by atoms with van der Waals surface area (Å²) in [7, 11) is 1.33. The zero-order chi connectivity index (χ0) is 12.0. The van der Waals surface area contributed by atoms with Crippen molar-refractivity contribution in [3.05, 3.63) is 24.8 Å². The van der Waals surface area contributed by atoms with Gasteiger partial charge in [0.1, 0.15) is 0 Å². The minimum Gasteiger partial charge on any atom is -0.466 e. The Kier molecular flexibility index (Phi) is 23.9. The maximum atomic E-state index is 10.5. The van der Waals surface area contributed by atoms with Crippen molar-refractivity contribution in [1.29, 1.82) is 0 Å². The molecule has 2 heteroatoms. The van der Waals surface area contributed by atoms with Crippen LogP contribution >= 0.6 is 0 Å². The summed E-state index contributed by atoms with van der Waals surface area (Å²) in [5.41, 5.74) is 0.438. The van der Waals surface area contributed by atoms with E-state index in [-0.39, 0.29) is 5.97 Å². The second kappa shape index (κ2) is 17.9. The molecule has 0 aliphatic carbocycles. The molecule has 0 aromatic heterocycles. The van der Waals surface area contributed by atoms with Gasteiger partial charge in [0.25, 0.3) is 0 Å². The molecule has 0 aliphatic rings. The van der Waals surface area contributed by atoms with Crippen molar-refractivity contribution >= 4 is 5.97 Å². The van der Waals surface area contributed by atoms with Gasteiger partial charge in [0, 0.05) is 5.57 Å². The van der Waals surface area contributed by atoms with Crippen LogP contribution < -0.4 is 0 Å². The van der Waals surface area contributed by atoms with Crippen molar-refractivity contribution in [2.24, 2.45) is 0 Å². The van der Waals surface area contributed by atoms with E-state index in [0.29, 0.717) is 12.0 Å². The van der Waals surface area contributed by atoms with E-state index in [1.54, 1.807) is 6.08 Å². The number of carbonyl (C=O) groups excluding carboxylic acids is 1. The standard InChI is InChI=1S/C7H10O2.C3H8.C2H6/c1-4-5-6(2)7(8)9-3;1-3-2;1-2/h4H,1-2,5H2,3H3;3H2,1-2H3;1-2H3. The molecule has 0 aliphatic heterocycles. The van der Waals surface area contributed by atoms with Crippen LogP contribution in [0.15, 0.2) is 24.8 Å². The van der Waals surface area contributed by atoms with Crippen molar-refractivity contribution in [2.75, 3.05) is 7.11 Å². The Morgan fingerprint density at radius 2 is 1.71 bits per heavy atom. The molecule has 0 fully saturated rings. The molecule has 0 atom stereocenters. The lowest BCUT2D eigenvalue weighted by Crippen LogP contribution is -2.01. The predicted molar refractivity (Wildman–Crippen MR) is 63.3 cm³/mol. The fraction of sp³-hybridized carbons (Fsp3) is 0.583. The third-order valence-electron chi connectivity index (χ3n) is 0.865. The third kappa shape index (κ3) is 17.2. The Bertz CT molecular complexity index is 148. The molecule has 14 heavy (non-hydrogen) atoms. The molecule has 84 valence electrons. The first kappa shape index (κ1) is 18.7. The minimum absolute atomic E-state index is 0.366. The van der Waals surface area contributed by atoms with Gasteiger partial charge in [-0.15, -0.1) is 6.58 Å². The van der Waals surface area contributed by atoms with E-state index in [9.17, 15) is 4.79 Å².